The van der Waals surface area contributed by atoms with Gasteiger partial charge in [0.25, 0.3) is 0 Å². The minimum absolute atomic E-state index is 0.215. The molecule has 5 heteroatoms. The Kier molecular flexibility index (Phi) is 3.15. The Morgan fingerprint density at radius 1 is 1.17 bits per heavy atom. The van der Waals surface area contributed by atoms with E-state index in [9.17, 15) is 4.79 Å². The molecule has 3 heterocycles. The van der Waals surface area contributed by atoms with Gasteiger partial charge in [-0.1, -0.05) is 0 Å². The fraction of sp³-hybridized carbons (Fsp3) is 0.538. The van der Waals surface area contributed by atoms with Gasteiger partial charge in [0.2, 0.25) is 5.91 Å². The van der Waals surface area contributed by atoms with Crippen LogP contribution in [0.5, 0.6) is 0 Å². The molecule has 96 valence electrons. The van der Waals surface area contributed by atoms with E-state index in [1.165, 1.54) is 0 Å². The van der Waals surface area contributed by atoms with Gasteiger partial charge in [0.15, 0.2) is 0 Å². The van der Waals surface area contributed by atoms with Crippen molar-refractivity contribution in [2.75, 3.05) is 42.5 Å². The molecule has 2 aliphatic rings. The maximum Gasteiger partial charge on any atom is 0.227 e. The number of carbonyl (C=O) groups is 1. The Morgan fingerprint density at radius 3 is 2.61 bits per heavy atom. The van der Waals surface area contributed by atoms with E-state index in [1.54, 1.807) is 0 Å². The van der Waals surface area contributed by atoms with Gasteiger partial charge in [0.05, 0.1) is 11.9 Å². The minimum Gasteiger partial charge on any atom is -0.354 e. The second-order valence-corrected chi connectivity index (χ2v) is 4.76. The molecule has 18 heavy (non-hydrogen) atoms. The van der Waals surface area contributed by atoms with Crippen LogP contribution in [0.1, 0.15) is 12.8 Å². The fourth-order valence-electron chi connectivity index (χ4n) is 2.54. The van der Waals surface area contributed by atoms with Crippen molar-refractivity contribution in [2.24, 2.45) is 0 Å². The first-order valence-corrected chi connectivity index (χ1v) is 6.57. The Labute approximate surface area is 107 Å². The topological polar surface area (TPSA) is 48.5 Å². The molecule has 0 spiro atoms. The number of hydrogen-bond acceptors (Lipinski definition) is 4. The Balaban J connectivity index is 1.74. The number of piperazine rings is 1. The van der Waals surface area contributed by atoms with E-state index in [1.807, 2.05) is 23.2 Å². The van der Waals surface area contributed by atoms with Crippen LogP contribution in [0.2, 0.25) is 0 Å². The molecule has 0 aromatic carbocycles. The molecule has 0 bridgehead atoms. The maximum absolute atomic E-state index is 11.6. The second kappa shape index (κ2) is 4.94. The smallest absolute Gasteiger partial charge is 0.227 e. The molecule has 1 amide bonds. The largest absolute Gasteiger partial charge is 0.354 e. The third kappa shape index (κ3) is 2.18. The number of carbonyl (C=O) groups excluding carboxylic acids is 1. The summed E-state index contributed by atoms with van der Waals surface area (Å²) in [4.78, 5) is 20.2. The molecule has 0 saturated carbocycles. The average molecular weight is 246 g/mol. The lowest BCUT2D eigenvalue weighted by atomic mass is 10.3. The van der Waals surface area contributed by atoms with Crippen molar-refractivity contribution in [3.63, 3.8) is 0 Å². The summed E-state index contributed by atoms with van der Waals surface area (Å²) < 4.78 is 0. The number of rotatable bonds is 2. The van der Waals surface area contributed by atoms with Crippen LogP contribution in [-0.2, 0) is 4.79 Å². The van der Waals surface area contributed by atoms with Crippen LogP contribution < -0.4 is 15.1 Å². The molecular weight excluding hydrogens is 228 g/mol. The van der Waals surface area contributed by atoms with E-state index in [0.29, 0.717) is 6.42 Å². The third-order valence-electron chi connectivity index (χ3n) is 3.56. The normalized spacial score (nSPS) is 20.6. The van der Waals surface area contributed by atoms with Gasteiger partial charge >= 0.3 is 0 Å². The number of pyridine rings is 1. The molecule has 0 atom stereocenters. The number of amides is 1. The molecule has 1 aromatic heterocycles. The zero-order chi connectivity index (χ0) is 12.4. The van der Waals surface area contributed by atoms with E-state index in [0.717, 1.165) is 50.6 Å². The van der Waals surface area contributed by atoms with Gasteiger partial charge in [-0.15, -0.1) is 0 Å². The molecule has 5 nitrogen and oxygen atoms in total. The number of nitrogens with one attached hydrogen (secondary N) is 1. The summed E-state index contributed by atoms with van der Waals surface area (Å²) in [5.41, 5.74) is 0.927. The first kappa shape index (κ1) is 11.5. The highest BCUT2D eigenvalue weighted by molar-refractivity contribution is 5.95. The summed E-state index contributed by atoms with van der Waals surface area (Å²) in [6.07, 6.45) is 3.44. The highest BCUT2D eigenvalue weighted by atomic mass is 16.2. The van der Waals surface area contributed by atoms with Gasteiger partial charge in [0.1, 0.15) is 5.82 Å². The molecule has 0 aliphatic carbocycles. The van der Waals surface area contributed by atoms with E-state index in [2.05, 4.69) is 15.2 Å². The minimum atomic E-state index is 0.215. The van der Waals surface area contributed by atoms with Crippen LogP contribution >= 0.6 is 0 Å². The van der Waals surface area contributed by atoms with Gasteiger partial charge in [-0.2, -0.15) is 0 Å². The standard InChI is InChI=1S/C13H18N4O/c18-13-2-1-7-17(13)11-3-4-12(15-10-11)16-8-5-14-6-9-16/h3-4,10,14H,1-2,5-9H2. The van der Waals surface area contributed by atoms with Crippen molar-refractivity contribution < 1.29 is 4.79 Å². The number of aromatic nitrogens is 1. The van der Waals surface area contributed by atoms with E-state index < -0.39 is 0 Å². The summed E-state index contributed by atoms with van der Waals surface area (Å²) in [6.45, 7) is 4.83. The monoisotopic (exact) mass is 246 g/mol. The van der Waals surface area contributed by atoms with Gasteiger partial charge < -0.3 is 15.1 Å². The van der Waals surface area contributed by atoms with Gasteiger partial charge in [-0.3, -0.25) is 4.79 Å². The predicted octanol–water partition coefficient (Wildman–Crippen LogP) is 0.618. The lowest BCUT2D eigenvalue weighted by molar-refractivity contribution is -0.117. The number of nitrogens with zero attached hydrogens (tertiary/aromatic N) is 3. The summed E-state index contributed by atoms with van der Waals surface area (Å²) >= 11 is 0. The van der Waals surface area contributed by atoms with Gasteiger partial charge in [0, 0.05) is 39.1 Å². The molecule has 2 fully saturated rings. The first-order chi connectivity index (χ1) is 8.84. The van der Waals surface area contributed by atoms with E-state index in [4.69, 9.17) is 0 Å². The molecule has 1 N–H and O–H groups in total. The molecule has 0 radical (unpaired) electrons. The van der Waals surface area contributed by atoms with Crippen molar-refractivity contribution in [3.8, 4) is 0 Å². The van der Waals surface area contributed by atoms with Crippen LogP contribution in [0, 0.1) is 0 Å². The molecule has 2 aliphatic heterocycles. The zero-order valence-electron chi connectivity index (χ0n) is 10.4. The Bertz CT molecular complexity index is 425. The van der Waals surface area contributed by atoms with Crippen molar-refractivity contribution in [2.45, 2.75) is 12.8 Å². The molecule has 1 aromatic rings. The third-order valence-corrected chi connectivity index (χ3v) is 3.56. The van der Waals surface area contributed by atoms with E-state index in [-0.39, 0.29) is 5.91 Å². The molecular formula is C13H18N4O. The Morgan fingerprint density at radius 2 is 2.00 bits per heavy atom. The lowest BCUT2D eigenvalue weighted by Crippen LogP contribution is -2.43. The highest BCUT2D eigenvalue weighted by Crippen LogP contribution is 2.22. The van der Waals surface area contributed by atoms with Crippen LogP contribution in [0.15, 0.2) is 18.3 Å². The second-order valence-electron chi connectivity index (χ2n) is 4.76. The summed E-state index contributed by atoms with van der Waals surface area (Å²) in [6, 6.07) is 4.03. The fourth-order valence-corrected chi connectivity index (χ4v) is 2.54. The van der Waals surface area contributed by atoms with Crippen LogP contribution in [0.25, 0.3) is 0 Å². The van der Waals surface area contributed by atoms with Gasteiger partial charge in [-0.25, -0.2) is 4.98 Å². The van der Waals surface area contributed by atoms with Crippen LogP contribution in [-0.4, -0.2) is 43.6 Å². The van der Waals surface area contributed by atoms with Crippen molar-refractivity contribution in [1.29, 1.82) is 0 Å². The van der Waals surface area contributed by atoms with Crippen molar-refractivity contribution >= 4 is 17.4 Å². The lowest BCUT2D eigenvalue weighted by Gasteiger charge is -2.28. The van der Waals surface area contributed by atoms with Gasteiger partial charge in [-0.05, 0) is 18.6 Å². The molecule has 2 saturated heterocycles. The number of anilines is 2. The van der Waals surface area contributed by atoms with Crippen LogP contribution in [0.3, 0.4) is 0 Å². The van der Waals surface area contributed by atoms with Crippen molar-refractivity contribution in [3.05, 3.63) is 18.3 Å². The quantitative estimate of drug-likeness (QED) is 0.831. The number of hydrogen-bond donors (Lipinski definition) is 1. The zero-order valence-corrected chi connectivity index (χ0v) is 10.4. The average Bonchev–Trinajstić information content (AvgIpc) is 2.86. The van der Waals surface area contributed by atoms with Crippen LogP contribution in [0.4, 0.5) is 11.5 Å². The van der Waals surface area contributed by atoms with Crippen molar-refractivity contribution in [1.82, 2.24) is 10.3 Å². The summed E-state index contributed by atoms with van der Waals surface area (Å²) in [5, 5.41) is 3.32. The maximum atomic E-state index is 11.6. The first-order valence-electron chi connectivity index (χ1n) is 6.57. The summed E-state index contributed by atoms with van der Waals surface area (Å²) in [5.74, 6) is 1.22. The molecule has 3 rings (SSSR count). The summed E-state index contributed by atoms with van der Waals surface area (Å²) in [7, 11) is 0. The van der Waals surface area contributed by atoms with E-state index >= 15 is 0 Å². The molecule has 0 unspecified atom stereocenters. The highest BCUT2D eigenvalue weighted by Gasteiger charge is 2.22. The Hall–Kier alpha value is -1.62. The SMILES string of the molecule is O=C1CCCN1c1ccc(N2CCNCC2)nc1. The predicted molar refractivity (Wildman–Crippen MR) is 70.9 cm³/mol.